The minimum atomic E-state index is -0.987. The lowest BCUT2D eigenvalue weighted by molar-refractivity contribution is -0.252. The van der Waals surface area contributed by atoms with Crippen LogP contribution in [0.5, 0.6) is 0 Å². The summed E-state index contributed by atoms with van der Waals surface area (Å²) in [5.41, 5.74) is -0.0761. The summed E-state index contributed by atoms with van der Waals surface area (Å²) in [6.07, 6.45) is -0.601. The topological polar surface area (TPSA) is 105 Å². The van der Waals surface area contributed by atoms with Crippen molar-refractivity contribution in [3.63, 3.8) is 0 Å². The standard InChI is InChI=1S/C18H26O7/c1-17(2,7-19)9-23-10-18(8-20)11-24-16(25-12-18)14-5-3-13(4-6-14)15(21)22/h3-6,16,19-20H,7-12H2,1-2H3,(H,21,22). The van der Waals surface area contributed by atoms with E-state index in [1.165, 1.54) is 12.1 Å². The molecule has 0 aliphatic carbocycles. The van der Waals surface area contributed by atoms with Crippen LogP contribution in [0.3, 0.4) is 0 Å². The number of carboxylic acid groups (broad SMARTS) is 1. The lowest BCUT2D eigenvalue weighted by atomic mass is 9.91. The van der Waals surface area contributed by atoms with Crippen LogP contribution in [0.2, 0.25) is 0 Å². The lowest BCUT2D eigenvalue weighted by Crippen LogP contribution is -2.45. The highest BCUT2D eigenvalue weighted by molar-refractivity contribution is 5.87. The number of aliphatic hydroxyl groups excluding tert-OH is 2. The highest BCUT2D eigenvalue weighted by Crippen LogP contribution is 2.32. The molecule has 0 amide bonds. The molecular formula is C18H26O7. The van der Waals surface area contributed by atoms with Crippen LogP contribution in [0.15, 0.2) is 24.3 Å². The van der Waals surface area contributed by atoms with Gasteiger partial charge < -0.3 is 29.5 Å². The van der Waals surface area contributed by atoms with Crippen LogP contribution in [0.25, 0.3) is 0 Å². The molecule has 7 nitrogen and oxygen atoms in total. The average Bonchev–Trinajstić information content (AvgIpc) is 2.62. The number of aliphatic hydroxyl groups is 2. The fraction of sp³-hybridized carbons (Fsp3) is 0.611. The average molecular weight is 354 g/mol. The zero-order valence-electron chi connectivity index (χ0n) is 14.6. The summed E-state index contributed by atoms with van der Waals surface area (Å²) in [6.45, 7) is 4.80. The van der Waals surface area contributed by atoms with E-state index in [0.717, 1.165) is 5.56 Å². The second kappa shape index (κ2) is 8.25. The molecule has 0 saturated carbocycles. The summed E-state index contributed by atoms with van der Waals surface area (Å²) in [6, 6.07) is 6.30. The van der Waals surface area contributed by atoms with Gasteiger partial charge in [-0.1, -0.05) is 26.0 Å². The van der Waals surface area contributed by atoms with Gasteiger partial charge in [-0.05, 0) is 12.1 Å². The number of aromatic carboxylic acids is 1. The second-order valence-electron chi connectivity index (χ2n) is 7.35. The molecule has 1 heterocycles. The van der Waals surface area contributed by atoms with Gasteiger partial charge in [0.1, 0.15) is 0 Å². The first-order valence-corrected chi connectivity index (χ1v) is 8.17. The quantitative estimate of drug-likeness (QED) is 0.649. The Kier molecular flexibility index (Phi) is 6.53. The minimum Gasteiger partial charge on any atom is -0.478 e. The Labute approximate surface area is 147 Å². The van der Waals surface area contributed by atoms with E-state index in [-0.39, 0.29) is 44.0 Å². The Bertz CT molecular complexity index is 559. The van der Waals surface area contributed by atoms with Gasteiger partial charge in [-0.15, -0.1) is 0 Å². The van der Waals surface area contributed by atoms with Gasteiger partial charge in [-0.3, -0.25) is 0 Å². The number of benzene rings is 1. The van der Waals surface area contributed by atoms with Crippen LogP contribution in [0.1, 0.15) is 36.1 Å². The molecule has 0 radical (unpaired) electrons. The predicted molar refractivity (Wildman–Crippen MR) is 89.3 cm³/mol. The van der Waals surface area contributed by atoms with E-state index in [2.05, 4.69) is 0 Å². The maximum Gasteiger partial charge on any atom is 0.335 e. The third kappa shape index (κ3) is 5.23. The summed E-state index contributed by atoms with van der Waals surface area (Å²) < 4.78 is 17.1. The first-order valence-electron chi connectivity index (χ1n) is 8.17. The Morgan fingerprint density at radius 3 is 2.32 bits per heavy atom. The number of carboxylic acids is 1. The van der Waals surface area contributed by atoms with Gasteiger partial charge in [-0.25, -0.2) is 4.79 Å². The molecule has 140 valence electrons. The number of rotatable bonds is 8. The monoisotopic (exact) mass is 354 g/mol. The minimum absolute atomic E-state index is 0.0144. The highest BCUT2D eigenvalue weighted by Gasteiger charge is 2.38. The normalized spacial score (nSPS) is 24.2. The van der Waals surface area contributed by atoms with Gasteiger partial charge in [0.2, 0.25) is 0 Å². The van der Waals surface area contributed by atoms with Gasteiger partial charge in [0, 0.05) is 11.0 Å². The fourth-order valence-electron chi connectivity index (χ4n) is 2.38. The van der Waals surface area contributed by atoms with Gasteiger partial charge >= 0.3 is 5.97 Å². The van der Waals surface area contributed by atoms with E-state index < -0.39 is 17.7 Å². The van der Waals surface area contributed by atoms with E-state index in [0.29, 0.717) is 6.61 Å². The van der Waals surface area contributed by atoms with Crippen molar-refractivity contribution in [1.29, 1.82) is 0 Å². The number of carbonyl (C=O) groups is 1. The Hall–Kier alpha value is -1.51. The predicted octanol–water partition coefficient (Wildman–Crippen LogP) is 1.44. The Morgan fingerprint density at radius 2 is 1.84 bits per heavy atom. The fourth-order valence-corrected chi connectivity index (χ4v) is 2.38. The van der Waals surface area contributed by atoms with Crippen molar-refractivity contribution in [2.24, 2.45) is 10.8 Å². The number of hydrogen-bond donors (Lipinski definition) is 3. The SMILES string of the molecule is CC(C)(CO)COCC1(CO)COC(c2ccc(C(=O)O)cc2)OC1. The van der Waals surface area contributed by atoms with E-state index in [4.69, 9.17) is 19.3 Å². The maximum absolute atomic E-state index is 10.9. The molecular weight excluding hydrogens is 328 g/mol. The molecule has 1 aliphatic heterocycles. The van der Waals surface area contributed by atoms with Crippen LogP contribution >= 0.6 is 0 Å². The van der Waals surface area contributed by atoms with E-state index in [1.807, 2.05) is 13.8 Å². The molecule has 1 saturated heterocycles. The first kappa shape index (κ1) is 19.8. The van der Waals surface area contributed by atoms with Crippen molar-refractivity contribution in [1.82, 2.24) is 0 Å². The van der Waals surface area contributed by atoms with Crippen LogP contribution < -0.4 is 0 Å². The summed E-state index contributed by atoms with van der Waals surface area (Å²) in [4.78, 5) is 10.9. The van der Waals surface area contributed by atoms with Crippen molar-refractivity contribution in [3.8, 4) is 0 Å². The molecule has 7 heteroatoms. The zero-order valence-corrected chi connectivity index (χ0v) is 14.6. The first-order chi connectivity index (χ1) is 11.8. The number of ether oxygens (including phenoxy) is 3. The molecule has 0 atom stereocenters. The third-order valence-electron chi connectivity index (χ3n) is 4.18. The van der Waals surface area contributed by atoms with Crippen molar-refractivity contribution in [3.05, 3.63) is 35.4 Å². The molecule has 0 spiro atoms. The highest BCUT2D eigenvalue weighted by atomic mass is 16.7. The van der Waals surface area contributed by atoms with E-state index in [9.17, 15) is 15.0 Å². The zero-order chi connectivity index (χ0) is 18.5. The van der Waals surface area contributed by atoms with Crippen molar-refractivity contribution in [2.45, 2.75) is 20.1 Å². The molecule has 1 aliphatic rings. The molecule has 2 rings (SSSR count). The maximum atomic E-state index is 10.9. The Morgan fingerprint density at radius 1 is 1.24 bits per heavy atom. The largest absolute Gasteiger partial charge is 0.478 e. The van der Waals surface area contributed by atoms with Crippen molar-refractivity contribution >= 4 is 5.97 Å². The van der Waals surface area contributed by atoms with Gasteiger partial charge in [0.15, 0.2) is 6.29 Å². The summed E-state index contributed by atoms with van der Waals surface area (Å²) >= 11 is 0. The molecule has 1 fully saturated rings. The second-order valence-corrected chi connectivity index (χ2v) is 7.35. The molecule has 3 N–H and O–H groups in total. The number of hydrogen-bond acceptors (Lipinski definition) is 6. The van der Waals surface area contributed by atoms with Crippen LogP contribution in [-0.2, 0) is 14.2 Å². The molecule has 0 unspecified atom stereocenters. The van der Waals surface area contributed by atoms with Gasteiger partial charge in [-0.2, -0.15) is 0 Å². The van der Waals surface area contributed by atoms with Crippen molar-refractivity contribution < 1.29 is 34.3 Å². The van der Waals surface area contributed by atoms with Crippen molar-refractivity contribution in [2.75, 3.05) is 39.6 Å². The van der Waals surface area contributed by atoms with Gasteiger partial charge in [0.25, 0.3) is 0 Å². The smallest absolute Gasteiger partial charge is 0.335 e. The molecule has 0 aromatic heterocycles. The Balaban J connectivity index is 1.90. The summed E-state index contributed by atoms with van der Waals surface area (Å²) in [7, 11) is 0. The summed E-state index contributed by atoms with van der Waals surface area (Å²) in [5.74, 6) is -0.987. The lowest BCUT2D eigenvalue weighted by Gasteiger charge is -2.39. The van der Waals surface area contributed by atoms with Crippen LogP contribution in [-0.4, -0.2) is 60.9 Å². The van der Waals surface area contributed by atoms with Gasteiger partial charge in [0.05, 0.1) is 50.6 Å². The molecule has 1 aromatic carbocycles. The molecule has 1 aromatic rings. The van der Waals surface area contributed by atoms with E-state index >= 15 is 0 Å². The molecule has 0 bridgehead atoms. The third-order valence-corrected chi connectivity index (χ3v) is 4.18. The van der Waals surface area contributed by atoms with Crippen LogP contribution in [0.4, 0.5) is 0 Å². The molecule has 25 heavy (non-hydrogen) atoms. The summed E-state index contributed by atoms with van der Waals surface area (Å²) in [5, 5.41) is 27.9. The van der Waals surface area contributed by atoms with Crippen LogP contribution in [0, 0.1) is 10.8 Å². The van der Waals surface area contributed by atoms with E-state index in [1.54, 1.807) is 12.1 Å².